The lowest BCUT2D eigenvalue weighted by Crippen LogP contribution is -2.13. The van der Waals surface area contributed by atoms with E-state index in [1.165, 1.54) is 10.9 Å². The molecule has 7 nitrogen and oxygen atoms in total. The van der Waals surface area contributed by atoms with E-state index < -0.39 is 5.91 Å². The van der Waals surface area contributed by atoms with Crippen LogP contribution >= 0.6 is 0 Å². The van der Waals surface area contributed by atoms with Gasteiger partial charge in [0.05, 0.1) is 26.0 Å². The van der Waals surface area contributed by atoms with Crippen LogP contribution in [0, 0.1) is 0 Å². The molecular formula is C7H13N5O2. The summed E-state index contributed by atoms with van der Waals surface area (Å²) in [5.41, 5.74) is 10.4. The van der Waals surface area contributed by atoms with Crippen LogP contribution in [0.25, 0.3) is 0 Å². The molecule has 1 amide bonds. The van der Waals surface area contributed by atoms with Crippen LogP contribution in [0.15, 0.2) is 6.20 Å². The Kier molecular flexibility index (Phi) is 4.02. The van der Waals surface area contributed by atoms with Crippen molar-refractivity contribution < 1.29 is 9.53 Å². The van der Waals surface area contributed by atoms with Crippen LogP contribution in [0.3, 0.4) is 0 Å². The Balaban J connectivity index is 2.33. The molecule has 0 saturated carbocycles. The van der Waals surface area contributed by atoms with Gasteiger partial charge in [0.2, 0.25) is 0 Å². The van der Waals surface area contributed by atoms with Gasteiger partial charge in [0.1, 0.15) is 0 Å². The van der Waals surface area contributed by atoms with Gasteiger partial charge in [-0.3, -0.25) is 4.79 Å². The van der Waals surface area contributed by atoms with E-state index in [9.17, 15) is 4.79 Å². The van der Waals surface area contributed by atoms with Crippen molar-refractivity contribution in [2.45, 2.75) is 6.54 Å². The summed E-state index contributed by atoms with van der Waals surface area (Å²) in [6.45, 7) is 2.01. The number of carbonyl (C=O) groups excluding carboxylic acids is 1. The van der Waals surface area contributed by atoms with E-state index in [1.54, 1.807) is 0 Å². The SMILES string of the molecule is NCCOCCn1cc(C(N)=O)nn1. The number of rotatable bonds is 6. The first-order chi connectivity index (χ1) is 6.74. The molecule has 1 heterocycles. The second-order valence-electron chi connectivity index (χ2n) is 2.63. The van der Waals surface area contributed by atoms with Crippen LogP contribution in [0.4, 0.5) is 0 Å². The summed E-state index contributed by atoms with van der Waals surface area (Å²) in [5.74, 6) is -0.584. The average molecular weight is 199 g/mol. The van der Waals surface area contributed by atoms with E-state index in [2.05, 4.69) is 10.3 Å². The lowest BCUT2D eigenvalue weighted by atomic mass is 10.5. The molecule has 0 aromatic carbocycles. The Morgan fingerprint density at radius 2 is 2.36 bits per heavy atom. The molecule has 78 valence electrons. The van der Waals surface area contributed by atoms with E-state index in [-0.39, 0.29) is 5.69 Å². The minimum Gasteiger partial charge on any atom is -0.378 e. The zero-order valence-electron chi connectivity index (χ0n) is 7.72. The van der Waals surface area contributed by atoms with Crippen molar-refractivity contribution in [2.24, 2.45) is 11.5 Å². The molecule has 0 aliphatic carbocycles. The van der Waals surface area contributed by atoms with Crippen molar-refractivity contribution in [3.8, 4) is 0 Å². The Hall–Kier alpha value is -1.47. The highest BCUT2D eigenvalue weighted by Crippen LogP contribution is 1.91. The van der Waals surface area contributed by atoms with E-state index in [4.69, 9.17) is 16.2 Å². The van der Waals surface area contributed by atoms with Crippen LogP contribution in [0.2, 0.25) is 0 Å². The Bertz CT molecular complexity index is 298. The number of primary amides is 1. The van der Waals surface area contributed by atoms with E-state index in [0.29, 0.717) is 26.3 Å². The van der Waals surface area contributed by atoms with Crippen molar-refractivity contribution in [3.63, 3.8) is 0 Å². The summed E-state index contributed by atoms with van der Waals surface area (Å²) in [7, 11) is 0. The van der Waals surface area contributed by atoms with E-state index >= 15 is 0 Å². The summed E-state index contributed by atoms with van der Waals surface area (Å²) < 4.78 is 6.62. The Labute approximate surface area is 81.0 Å². The molecule has 0 aliphatic heterocycles. The fraction of sp³-hybridized carbons (Fsp3) is 0.571. The number of aromatic nitrogens is 3. The standard InChI is InChI=1S/C7H13N5O2/c8-1-3-14-4-2-12-5-6(7(9)13)10-11-12/h5H,1-4,8H2,(H2,9,13). The second kappa shape index (κ2) is 5.30. The van der Waals surface area contributed by atoms with Gasteiger partial charge in [-0.1, -0.05) is 5.21 Å². The first-order valence-electron chi connectivity index (χ1n) is 4.22. The third-order valence-electron chi connectivity index (χ3n) is 1.52. The summed E-state index contributed by atoms with van der Waals surface area (Å²) in [4.78, 5) is 10.6. The molecule has 0 radical (unpaired) electrons. The van der Waals surface area contributed by atoms with Gasteiger partial charge in [-0.15, -0.1) is 5.10 Å². The Morgan fingerprint density at radius 1 is 1.57 bits per heavy atom. The van der Waals surface area contributed by atoms with Gasteiger partial charge < -0.3 is 16.2 Å². The maximum atomic E-state index is 10.6. The largest absolute Gasteiger partial charge is 0.378 e. The summed E-state index contributed by atoms with van der Waals surface area (Å²) in [6, 6.07) is 0. The first-order valence-corrected chi connectivity index (χ1v) is 4.22. The lowest BCUT2D eigenvalue weighted by Gasteiger charge is -2.00. The zero-order valence-corrected chi connectivity index (χ0v) is 7.72. The highest BCUT2D eigenvalue weighted by Gasteiger charge is 2.05. The third-order valence-corrected chi connectivity index (χ3v) is 1.52. The van der Waals surface area contributed by atoms with Crippen molar-refractivity contribution in [2.75, 3.05) is 19.8 Å². The number of hydrogen-bond acceptors (Lipinski definition) is 5. The van der Waals surface area contributed by atoms with Crippen molar-refractivity contribution in [3.05, 3.63) is 11.9 Å². The van der Waals surface area contributed by atoms with Crippen molar-refractivity contribution in [1.29, 1.82) is 0 Å². The van der Waals surface area contributed by atoms with E-state index in [1.807, 2.05) is 0 Å². The van der Waals surface area contributed by atoms with Gasteiger partial charge in [0, 0.05) is 6.54 Å². The highest BCUT2D eigenvalue weighted by atomic mass is 16.5. The maximum absolute atomic E-state index is 10.6. The van der Waals surface area contributed by atoms with Crippen LogP contribution in [0.1, 0.15) is 10.5 Å². The molecule has 0 unspecified atom stereocenters. The molecule has 0 aliphatic rings. The Morgan fingerprint density at radius 3 is 2.93 bits per heavy atom. The molecule has 0 spiro atoms. The van der Waals surface area contributed by atoms with Crippen LogP contribution < -0.4 is 11.5 Å². The average Bonchev–Trinajstić information content (AvgIpc) is 2.61. The number of carbonyl (C=O) groups is 1. The van der Waals surface area contributed by atoms with Gasteiger partial charge in [-0.05, 0) is 0 Å². The summed E-state index contributed by atoms with van der Waals surface area (Å²) in [5, 5.41) is 7.26. The molecule has 0 bridgehead atoms. The minimum atomic E-state index is -0.584. The molecule has 14 heavy (non-hydrogen) atoms. The number of hydrogen-bond donors (Lipinski definition) is 2. The molecule has 1 rings (SSSR count). The lowest BCUT2D eigenvalue weighted by molar-refractivity contribution is 0.0995. The molecule has 4 N–H and O–H groups in total. The predicted octanol–water partition coefficient (Wildman–Crippen LogP) is -1.65. The third kappa shape index (κ3) is 3.11. The first kappa shape index (κ1) is 10.6. The van der Waals surface area contributed by atoms with Crippen LogP contribution in [0.5, 0.6) is 0 Å². The minimum absolute atomic E-state index is 0.156. The number of amides is 1. The van der Waals surface area contributed by atoms with Crippen LogP contribution in [-0.2, 0) is 11.3 Å². The van der Waals surface area contributed by atoms with Crippen molar-refractivity contribution in [1.82, 2.24) is 15.0 Å². The summed E-state index contributed by atoms with van der Waals surface area (Å²) in [6.07, 6.45) is 1.48. The number of ether oxygens (including phenoxy) is 1. The molecule has 0 fully saturated rings. The normalized spacial score (nSPS) is 10.4. The van der Waals surface area contributed by atoms with E-state index in [0.717, 1.165) is 0 Å². The fourth-order valence-corrected chi connectivity index (χ4v) is 0.864. The topological polar surface area (TPSA) is 109 Å². The number of nitrogens with zero attached hydrogens (tertiary/aromatic N) is 3. The predicted molar refractivity (Wildman–Crippen MR) is 48.4 cm³/mol. The van der Waals surface area contributed by atoms with Gasteiger partial charge in [0.15, 0.2) is 5.69 Å². The maximum Gasteiger partial charge on any atom is 0.270 e. The highest BCUT2D eigenvalue weighted by molar-refractivity contribution is 5.90. The molecule has 0 atom stereocenters. The van der Waals surface area contributed by atoms with Crippen LogP contribution in [-0.4, -0.2) is 40.7 Å². The second-order valence-corrected chi connectivity index (χ2v) is 2.63. The zero-order chi connectivity index (χ0) is 10.4. The smallest absolute Gasteiger partial charge is 0.270 e. The summed E-state index contributed by atoms with van der Waals surface area (Å²) >= 11 is 0. The van der Waals surface area contributed by atoms with Gasteiger partial charge in [-0.2, -0.15) is 0 Å². The van der Waals surface area contributed by atoms with Gasteiger partial charge >= 0.3 is 0 Å². The number of nitrogens with two attached hydrogens (primary N) is 2. The monoisotopic (exact) mass is 199 g/mol. The molecular weight excluding hydrogens is 186 g/mol. The molecule has 1 aromatic rings. The molecule has 1 aromatic heterocycles. The van der Waals surface area contributed by atoms with Gasteiger partial charge in [0.25, 0.3) is 5.91 Å². The van der Waals surface area contributed by atoms with Crippen molar-refractivity contribution >= 4 is 5.91 Å². The molecule has 7 heteroatoms. The molecule has 0 saturated heterocycles. The fourth-order valence-electron chi connectivity index (χ4n) is 0.864. The van der Waals surface area contributed by atoms with Gasteiger partial charge in [-0.25, -0.2) is 4.68 Å². The quantitative estimate of drug-likeness (QED) is 0.533.